The predicted molar refractivity (Wildman–Crippen MR) is 104 cm³/mol. The number of nitrogens with zero attached hydrogens (tertiary/aromatic N) is 2. The molecule has 134 valence electrons. The van der Waals surface area contributed by atoms with Crippen LogP contribution in [0.1, 0.15) is 35.7 Å². The monoisotopic (exact) mass is 339 g/mol. The van der Waals surface area contributed by atoms with E-state index in [0.717, 1.165) is 35.5 Å². The Kier molecular flexibility index (Phi) is 6.71. The Morgan fingerprint density at radius 2 is 1.80 bits per heavy atom. The third kappa shape index (κ3) is 6.31. The lowest BCUT2D eigenvalue weighted by Crippen LogP contribution is -2.33. The summed E-state index contributed by atoms with van der Waals surface area (Å²) in [5, 5.41) is 3.00. The van der Waals surface area contributed by atoms with Gasteiger partial charge in [-0.3, -0.25) is 9.78 Å². The van der Waals surface area contributed by atoms with Gasteiger partial charge in [0.2, 0.25) is 5.91 Å². The molecule has 25 heavy (non-hydrogen) atoms. The maximum Gasteiger partial charge on any atom is 0.225 e. The van der Waals surface area contributed by atoms with E-state index in [4.69, 9.17) is 0 Å². The number of hydrogen-bond acceptors (Lipinski definition) is 3. The van der Waals surface area contributed by atoms with E-state index in [0.29, 0.717) is 12.5 Å². The number of likely N-dealkylation sites (N-methyl/N-ethyl adjacent to an activating group) is 1. The zero-order valence-corrected chi connectivity index (χ0v) is 16.0. The van der Waals surface area contributed by atoms with E-state index < -0.39 is 0 Å². The van der Waals surface area contributed by atoms with Crippen LogP contribution in [0.15, 0.2) is 36.5 Å². The molecular weight excluding hydrogens is 310 g/mol. The molecule has 2 aromatic rings. The van der Waals surface area contributed by atoms with Crippen LogP contribution < -0.4 is 5.32 Å². The van der Waals surface area contributed by atoms with E-state index in [2.05, 4.69) is 48.2 Å². The Bertz CT molecular complexity index is 707. The number of carbonyl (C=O) groups excluding carboxylic acids is 1. The minimum absolute atomic E-state index is 0.0535. The minimum atomic E-state index is 0.0535. The largest absolute Gasteiger partial charge is 0.326 e. The van der Waals surface area contributed by atoms with Crippen molar-refractivity contribution in [3.63, 3.8) is 0 Å². The molecule has 0 aliphatic heterocycles. The lowest BCUT2D eigenvalue weighted by atomic mass is 10.1. The fourth-order valence-electron chi connectivity index (χ4n) is 2.94. The zero-order chi connectivity index (χ0) is 18.4. The molecule has 1 atom stereocenters. The maximum absolute atomic E-state index is 12.2. The summed E-state index contributed by atoms with van der Waals surface area (Å²) >= 11 is 0. The van der Waals surface area contributed by atoms with Crippen LogP contribution in [-0.4, -0.2) is 35.4 Å². The average molecular weight is 339 g/mol. The Labute approximate surface area is 151 Å². The molecule has 0 saturated heterocycles. The summed E-state index contributed by atoms with van der Waals surface area (Å²) in [7, 11) is 2.06. The Morgan fingerprint density at radius 3 is 2.44 bits per heavy atom. The summed E-state index contributed by atoms with van der Waals surface area (Å²) in [4.78, 5) is 18.9. The lowest BCUT2D eigenvalue weighted by molar-refractivity contribution is -0.116. The highest BCUT2D eigenvalue weighted by Crippen LogP contribution is 2.14. The second kappa shape index (κ2) is 8.77. The number of nitrogens with one attached hydrogen (secondary N) is 1. The number of carbonyl (C=O) groups is 1. The maximum atomic E-state index is 12.2. The summed E-state index contributed by atoms with van der Waals surface area (Å²) in [5.74, 6) is 0.0535. The minimum Gasteiger partial charge on any atom is -0.326 e. The van der Waals surface area contributed by atoms with Crippen LogP contribution in [0.4, 0.5) is 5.69 Å². The van der Waals surface area contributed by atoms with E-state index in [1.165, 1.54) is 5.56 Å². The van der Waals surface area contributed by atoms with Gasteiger partial charge in [-0.2, -0.15) is 0 Å². The number of amides is 1. The van der Waals surface area contributed by atoms with E-state index >= 15 is 0 Å². The predicted octanol–water partition coefficient (Wildman–Crippen LogP) is 3.90. The molecular formula is C21H29N3O. The smallest absolute Gasteiger partial charge is 0.225 e. The fraction of sp³-hybridized carbons (Fsp3) is 0.429. The van der Waals surface area contributed by atoms with Crippen LogP contribution in [0.2, 0.25) is 0 Å². The van der Waals surface area contributed by atoms with Crippen molar-refractivity contribution in [3.05, 3.63) is 58.9 Å². The first-order chi connectivity index (χ1) is 11.8. The van der Waals surface area contributed by atoms with Gasteiger partial charge in [-0.25, -0.2) is 0 Å². The van der Waals surface area contributed by atoms with Crippen LogP contribution in [-0.2, 0) is 11.2 Å². The highest BCUT2D eigenvalue weighted by molar-refractivity contribution is 5.91. The van der Waals surface area contributed by atoms with Gasteiger partial charge < -0.3 is 10.2 Å². The van der Waals surface area contributed by atoms with Crippen molar-refractivity contribution >= 4 is 11.6 Å². The molecule has 0 radical (unpaired) electrons. The van der Waals surface area contributed by atoms with Gasteiger partial charge in [-0.05, 0) is 75.7 Å². The van der Waals surface area contributed by atoms with E-state index in [9.17, 15) is 4.79 Å². The number of anilines is 1. The van der Waals surface area contributed by atoms with Crippen LogP contribution >= 0.6 is 0 Å². The normalized spacial score (nSPS) is 12.2. The summed E-state index contributed by atoms with van der Waals surface area (Å²) < 4.78 is 0. The molecule has 1 amide bonds. The fourth-order valence-corrected chi connectivity index (χ4v) is 2.94. The topological polar surface area (TPSA) is 45.2 Å². The second-order valence-corrected chi connectivity index (χ2v) is 7.03. The first-order valence-corrected chi connectivity index (χ1v) is 8.83. The summed E-state index contributed by atoms with van der Waals surface area (Å²) in [5.41, 5.74) is 5.52. The molecule has 0 fully saturated rings. The molecule has 0 bridgehead atoms. The molecule has 4 nitrogen and oxygen atoms in total. The quantitative estimate of drug-likeness (QED) is 0.832. The number of hydrogen-bond donors (Lipinski definition) is 1. The Morgan fingerprint density at radius 1 is 1.12 bits per heavy atom. The van der Waals surface area contributed by atoms with Gasteiger partial charge in [-0.15, -0.1) is 0 Å². The van der Waals surface area contributed by atoms with Crippen LogP contribution in [0.3, 0.4) is 0 Å². The zero-order valence-electron chi connectivity index (χ0n) is 16.0. The lowest BCUT2D eigenvalue weighted by Gasteiger charge is -2.24. The first kappa shape index (κ1) is 19.1. The molecule has 1 N–H and O–H groups in total. The first-order valence-electron chi connectivity index (χ1n) is 8.83. The van der Waals surface area contributed by atoms with Gasteiger partial charge >= 0.3 is 0 Å². The van der Waals surface area contributed by atoms with Crippen LogP contribution in [0.25, 0.3) is 0 Å². The molecule has 4 heteroatoms. The number of pyridine rings is 1. The highest BCUT2D eigenvalue weighted by Gasteiger charge is 2.13. The molecule has 0 saturated carbocycles. The van der Waals surface area contributed by atoms with Crippen molar-refractivity contribution in [2.75, 3.05) is 18.9 Å². The average Bonchev–Trinajstić information content (AvgIpc) is 2.51. The SMILES string of the molecule is Cc1cc(C)cc(NC(=O)CCN(C)[C@@H](C)Cc2cc(C)ccn2)c1. The highest BCUT2D eigenvalue weighted by atomic mass is 16.1. The van der Waals surface area contributed by atoms with Gasteiger partial charge in [-0.1, -0.05) is 6.07 Å². The number of aromatic nitrogens is 1. The van der Waals surface area contributed by atoms with Gasteiger partial charge in [0.05, 0.1) is 0 Å². The third-order valence-corrected chi connectivity index (χ3v) is 4.43. The van der Waals surface area contributed by atoms with Gasteiger partial charge in [0.15, 0.2) is 0 Å². The summed E-state index contributed by atoms with van der Waals surface area (Å²) in [6, 6.07) is 10.6. The molecule has 1 aromatic carbocycles. The van der Waals surface area contributed by atoms with E-state index in [1.807, 2.05) is 38.2 Å². The van der Waals surface area contributed by atoms with Crippen molar-refractivity contribution in [3.8, 4) is 0 Å². The number of aryl methyl sites for hydroxylation is 3. The summed E-state index contributed by atoms with van der Waals surface area (Å²) in [6.07, 6.45) is 3.22. The van der Waals surface area contributed by atoms with Crippen LogP contribution in [0.5, 0.6) is 0 Å². The number of rotatable bonds is 7. The van der Waals surface area contributed by atoms with Gasteiger partial charge in [0, 0.05) is 43.0 Å². The van der Waals surface area contributed by atoms with Crippen molar-refractivity contribution in [2.45, 2.75) is 46.6 Å². The molecule has 1 aromatic heterocycles. The van der Waals surface area contributed by atoms with Crippen LogP contribution in [0, 0.1) is 20.8 Å². The van der Waals surface area contributed by atoms with Crippen molar-refractivity contribution in [1.82, 2.24) is 9.88 Å². The molecule has 0 aliphatic carbocycles. The molecule has 0 unspecified atom stereocenters. The molecule has 1 heterocycles. The second-order valence-electron chi connectivity index (χ2n) is 7.03. The standard InChI is InChI=1S/C21H29N3O/c1-15-6-8-22-19(11-15)14-18(4)24(5)9-7-21(25)23-20-12-16(2)10-17(3)13-20/h6,8,10-13,18H,7,9,14H2,1-5H3,(H,23,25)/t18-/m0/s1. The van der Waals surface area contributed by atoms with Gasteiger partial charge in [0.25, 0.3) is 0 Å². The number of benzene rings is 1. The van der Waals surface area contributed by atoms with Crippen molar-refractivity contribution in [2.24, 2.45) is 0 Å². The van der Waals surface area contributed by atoms with E-state index in [-0.39, 0.29) is 5.91 Å². The van der Waals surface area contributed by atoms with Gasteiger partial charge in [0.1, 0.15) is 0 Å². The third-order valence-electron chi connectivity index (χ3n) is 4.43. The Hall–Kier alpha value is -2.20. The van der Waals surface area contributed by atoms with E-state index in [1.54, 1.807) is 0 Å². The molecule has 2 rings (SSSR count). The van der Waals surface area contributed by atoms with Crippen molar-refractivity contribution in [1.29, 1.82) is 0 Å². The molecule has 0 spiro atoms. The van der Waals surface area contributed by atoms with Crippen molar-refractivity contribution < 1.29 is 4.79 Å². The Balaban J connectivity index is 1.82. The molecule has 0 aliphatic rings. The summed E-state index contributed by atoms with van der Waals surface area (Å²) in [6.45, 7) is 9.06.